The van der Waals surface area contributed by atoms with Gasteiger partial charge in [0.2, 0.25) is 0 Å². The average molecular weight is 144 g/mol. The van der Waals surface area contributed by atoms with Gasteiger partial charge in [0.1, 0.15) is 0 Å². The van der Waals surface area contributed by atoms with Crippen LogP contribution in [0.5, 0.6) is 0 Å². The van der Waals surface area contributed by atoms with Crippen molar-refractivity contribution in [2.45, 2.75) is 6.92 Å². The van der Waals surface area contributed by atoms with Crippen LogP contribution in [-0.2, 0) is 14.3 Å². The van der Waals surface area contributed by atoms with Crippen LogP contribution in [0, 0.1) is 0 Å². The maximum Gasteiger partial charge on any atom is 0.335 e. The largest absolute Gasteiger partial charge is 0.463 e. The zero-order chi connectivity index (χ0) is 7.98. The molecule has 0 rings (SSSR count). The third-order valence-electron chi connectivity index (χ3n) is 0.883. The summed E-state index contributed by atoms with van der Waals surface area (Å²) >= 11 is 0. The maximum atomic E-state index is 10.7. The second-order valence-corrected chi connectivity index (χ2v) is 1.76. The van der Waals surface area contributed by atoms with E-state index in [1.54, 1.807) is 6.92 Å². The molecule has 3 heteroatoms. The molecule has 0 radical (unpaired) electrons. The Hall–Kier alpha value is -0.830. The van der Waals surface area contributed by atoms with E-state index in [0.717, 1.165) is 0 Å². The molecule has 0 aromatic heterocycles. The van der Waals surface area contributed by atoms with E-state index >= 15 is 0 Å². The highest BCUT2D eigenvalue weighted by atomic mass is 16.5. The van der Waals surface area contributed by atoms with Crippen LogP contribution in [0.3, 0.4) is 0 Å². The normalized spacial score (nSPS) is 9.00. The summed E-state index contributed by atoms with van der Waals surface area (Å²) in [6.07, 6.45) is 0. The van der Waals surface area contributed by atoms with Crippen LogP contribution < -0.4 is 0 Å². The monoisotopic (exact) mass is 144 g/mol. The fraction of sp³-hybridized carbons (Fsp3) is 0.571. The lowest BCUT2D eigenvalue weighted by atomic mass is 10.3. The van der Waals surface area contributed by atoms with Gasteiger partial charge in [-0.3, -0.25) is 0 Å². The molecule has 10 heavy (non-hydrogen) atoms. The minimum atomic E-state index is -0.385. The Kier molecular flexibility index (Phi) is 4.58. The number of esters is 1. The van der Waals surface area contributed by atoms with Crippen LogP contribution in [0.4, 0.5) is 0 Å². The number of carbonyl (C=O) groups excluding carboxylic acids is 1. The highest BCUT2D eigenvalue weighted by Gasteiger charge is 2.05. The molecular weight excluding hydrogens is 132 g/mol. The van der Waals surface area contributed by atoms with E-state index in [9.17, 15) is 4.79 Å². The van der Waals surface area contributed by atoms with Crippen molar-refractivity contribution in [3.8, 4) is 0 Å². The molecule has 0 aliphatic heterocycles. The number of ether oxygens (including phenoxy) is 2. The molecule has 0 fully saturated rings. The molecule has 0 aromatic carbocycles. The van der Waals surface area contributed by atoms with Gasteiger partial charge in [-0.2, -0.15) is 0 Å². The van der Waals surface area contributed by atoms with Gasteiger partial charge in [0.05, 0.1) is 18.8 Å². The zero-order valence-electron chi connectivity index (χ0n) is 6.35. The molecule has 0 amide bonds. The second-order valence-electron chi connectivity index (χ2n) is 1.76. The van der Waals surface area contributed by atoms with Gasteiger partial charge < -0.3 is 9.47 Å². The second kappa shape index (κ2) is 4.99. The summed E-state index contributed by atoms with van der Waals surface area (Å²) in [4.78, 5) is 10.7. The van der Waals surface area contributed by atoms with E-state index in [1.165, 1.54) is 7.11 Å². The smallest absolute Gasteiger partial charge is 0.335 e. The Balaban J connectivity index is 3.60. The van der Waals surface area contributed by atoms with Crippen molar-refractivity contribution in [3.63, 3.8) is 0 Å². The summed E-state index contributed by atoms with van der Waals surface area (Å²) in [5.74, 6) is -0.385. The van der Waals surface area contributed by atoms with E-state index in [4.69, 9.17) is 0 Å². The van der Waals surface area contributed by atoms with Gasteiger partial charge >= 0.3 is 5.97 Å². The first-order chi connectivity index (χ1) is 4.72. The molecule has 0 spiro atoms. The lowest BCUT2D eigenvalue weighted by Gasteiger charge is -2.02. The molecule has 0 unspecified atom stereocenters. The molecule has 0 aliphatic carbocycles. The summed E-state index contributed by atoms with van der Waals surface area (Å²) in [5, 5.41) is 0. The molecule has 0 saturated carbocycles. The summed E-state index contributed by atoms with van der Waals surface area (Å²) in [6, 6.07) is 0. The fourth-order valence-corrected chi connectivity index (χ4v) is 0.466. The molecule has 58 valence electrons. The van der Waals surface area contributed by atoms with Gasteiger partial charge in [-0.15, -0.1) is 0 Å². The van der Waals surface area contributed by atoms with Gasteiger partial charge in [0, 0.05) is 7.11 Å². The molecular formula is C7H12O3. The summed E-state index contributed by atoms with van der Waals surface area (Å²) in [7, 11) is 1.50. The van der Waals surface area contributed by atoms with Crippen LogP contribution in [0.15, 0.2) is 12.2 Å². The van der Waals surface area contributed by atoms with E-state index in [2.05, 4.69) is 16.1 Å². The minimum Gasteiger partial charge on any atom is -0.463 e. The molecule has 0 bridgehead atoms. The molecule has 0 atom stereocenters. The van der Waals surface area contributed by atoms with Crippen molar-refractivity contribution in [1.82, 2.24) is 0 Å². The van der Waals surface area contributed by atoms with E-state index in [-0.39, 0.29) is 12.6 Å². The average Bonchev–Trinajstić information content (AvgIpc) is 1.89. The van der Waals surface area contributed by atoms with Crippen molar-refractivity contribution in [1.29, 1.82) is 0 Å². The Labute approximate surface area is 60.6 Å². The molecule has 0 aromatic rings. The number of rotatable bonds is 4. The number of hydrogen-bond acceptors (Lipinski definition) is 3. The Bertz CT molecular complexity index is 113. The van der Waals surface area contributed by atoms with Crippen LogP contribution in [0.1, 0.15) is 6.92 Å². The Morgan fingerprint density at radius 3 is 2.60 bits per heavy atom. The number of carbonyl (C=O) groups is 1. The van der Waals surface area contributed by atoms with Gasteiger partial charge in [0.25, 0.3) is 0 Å². The van der Waals surface area contributed by atoms with E-state index in [1.807, 2.05) is 0 Å². The fourth-order valence-electron chi connectivity index (χ4n) is 0.466. The van der Waals surface area contributed by atoms with Crippen molar-refractivity contribution in [2.24, 2.45) is 0 Å². The molecule has 0 saturated heterocycles. The van der Waals surface area contributed by atoms with Gasteiger partial charge in [-0.1, -0.05) is 6.58 Å². The third-order valence-corrected chi connectivity index (χ3v) is 0.883. The maximum absolute atomic E-state index is 10.7. The summed E-state index contributed by atoms with van der Waals surface area (Å²) < 4.78 is 9.31. The molecule has 3 nitrogen and oxygen atoms in total. The van der Waals surface area contributed by atoms with Crippen molar-refractivity contribution >= 4 is 5.97 Å². The molecule has 0 aliphatic rings. The van der Waals surface area contributed by atoms with Crippen LogP contribution >= 0.6 is 0 Å². The predicted octanol–water partition coefficient (Wildman–Crippen LogP) is 0.752. The summed E-state index contributed by atoms with van der Waals surface area (Å²) in [6.45, 7) is 5.82. The van der Waals surface area contributed by atoms with Crippen LogP contribution in [0.25, 0.3) is 0 Å². The SMILES string of the molecule is C=C(COC)C(=O)OCC. The zero-order valence-corrected chi connectivity index (χ0v) is 6.35. The molecule has 0 heterocycles. The van der Waals surface area contributed by atoms with Crippen LogP contribution in [-0.4, -0.2) is 26.3 Å². The third kappa shape index (κ3) is 3.25. The first-order valence-corrected chi connectivity index (χ1v) is 3.06. The molecule has 0 N–H and O–H groups in total. The van der Waals surface area contributed by atoms with Crippen LogP contribution in [0.2, 0.25) is 0 Å². The van der Waals surface area contributed by atoms with Crippen molar-refractivity contribution in [2.75, 3.05) is 20.3 Å². The lowest BCUT2D eigenvalue weighted by Crippen LogP contribution is -2.10. The van der Waals surface area contributed by atoms with Gasteiger partial charge in [-0.25, -0.2) is 4.79 Å². The Morgan fingerprint density at radius 1 is 1.60 bits per heavy atom. The van der Waals surface area contributed by atoms with Gasteiger partial charge in [-0.05, 0) is 6.92 Å². The number of methoxy groups -OCH3 is 1. The van der Waals surface area contributed by atoms with E-state index < -0.39 is 0 Å². The first kappa shape index (κ1) is 9.17. The predicted molar refractivity (Wildman–Crippen MR) is 37.6 cm³/mol. The standard InChI is InChI=1S/C7H12O3/c1-4-10-7(8)6(2)5-9-3/h2,4-5H2,1,3H3. The minimum absolute atomic E-state index is 0.235. The quantitative estimate of drug-likeness (QED) is 0.431. The topological polar surface area (TPSA) is 35.5 Å². The first-order valence-electron chi connectivity index (χ1n) is 3.06. The number of hydrogen-bond donors (Lipinski definition) is 0. The highest BCUT2D eigenvalue weighted by molar-refractivity contribution is 5.87. The lowest BCUT2D eigenvalue weighted by molar-refractivity contribution is -0.139. The summed E-state index contributed by atoms with van der Waals surface area (Å²) in [5.41, 5.74) is 0.351. The Morgan fingerprint density at radius 2 is 2.20 bits per heavy atom. The van der Waals surface area contributed by atoms with E-state index in [0.29, 0.717) is 12.2 Å². The highest BCUT2D eigenvalue weighted by Crippen LogP contribution is 1.93. The van der Waals surface area contributed by atoms with Crippen molar-refractivity contribution < 1.29 is 14.3 Å². The van der Waals surface area contributed by atoms with Gasteiger partial charge in [0.15, 0.2) is 0 Å². The van der Waals surface area contributed by atoms with Crippen molar-refractivity contribution in [3.05, 3.63) is 12.2 Å².